The molecule has 66 valence electrons. The maximum absolute atomic E-state index is 10.3. The number of hydrogen-bond donors (Lipinski definition) is 1. The lowest BCUT2D eigenvalue weighted by molar-refractivity contribution is -0.137. The number of rotatable bonds is 4. The first-order valence-electron chi connectivity index (χ1n) is 3.95. The molecular formula is C8H12N2O2. The number of nitrogens with zero attached hydrogens (tertiary/aromatic N) is 2. The Kier molecular flexibility index (Phi) is 2.85. The van der Waals surface area contributed by atoms with Crippen molar-refractivity contribution in [2.24, 2.45) is 0 Å². The van der Waals surface area contributed by atoms with Crippen LogP contribution < -0.4 is 0 Å². The first kappa shape index (κ1) is 8.77. The Morgan fingerprint density at radius 2 is 2.50 bits per heavy atom. The molecule has 0 radical (unpaired) electrons. The van der Waals surface area contributed by atoms with Gasteiger partial charge in [-0.2, -0.15) is 5.10 Å². The molecule has 1 aromatic heterocycles. The van der Waals surface area contributed by atoms with Gasteiger partial charge in [-0.05, 0) is 12.0 Å². The number of hydrogen-bond acceptors (Lipinski definition) is 2. The molecule has 0 spiro atoms. The largest absolute Gasteiger partial charge is 0.480 e. The molecule has 4 heteroatoms. The molecule has 0 aromatic carbocycles. The maximum Gasteiger partial charge on any atom is 0.325 e. The fourth-order valence-corrected chi connectivity index (χ4v) is 1.05. The second-order valence-electron chi connectivity index (χ2n) is 2.69. The van der Waals surface area contributed by atoms with E-state index in [1.807, 2.05) is 0 Å². The molecule has 12 heavy (non-hydrogen) atoms. The van der Waals surface area contributed by atoms with Crippen molar-refractivity contribution in [3.8, 4) is 0 Å². The third kappa shape index (κ3) is 2.38. The standard InChI is InChI=1S/C8H12N2O2/c1-2-3-7-4-9-10(5-7)6-8(11)12/h4-5H,2-3,6H2,1H3,(H,11,12). The van der Waals surface area contributed by atoms with Gasteiger partial charge < -0.3 is 5.11 Å². The van der Waals surface area contributed by atoms with E-state index in [0.29, 0.717) is 0 Å². The molecular weight excluding hydrogens is 156 g/mol. The van der Waals surface area contributed by atoms with Crippen LogP contribution in [0.4, 0.5) is 0 Å². The summed E-state index contributed by atoms with van der Waals surface area (Å²) in [6, 6.07) is 0. The minimum absolute atomic E-state index is 0.0519. The smallest absolute Gasteiger partial charge is 0.325 e. The Bertz CT molecular complexity index is 268. The van der Waals surface area contributed by atoms with Crippen LogP contribution in [-0.4, -0.2) is 20.9 Å². The summed E-state index contributed by atoms with van der Waals surface area (Å²) in [7, 11) is 0. The zero-order valence-electron chi connectivity index (χ0n) is 7.03. The van der Waals surface area contributed by atoms with Gasteiger partial charge in [0.1, 0.15) is 6.54 Å². The summed E-state index contributed by atoms with van der Waals surface area (Å²) in [5.74, 6) is -0.860. The van der Waals surface area contributed by atoms with Gasteiger partial charge in [-0.25, -0.2) is 0 Å². The van der Waals surface area contributed by atoms with Crippen LogP contribution in [0.1, 0.15) is 18.9 Å². The van der Waals surface area contributed by atoms with E-state index in [9.17, 15) is 4.79 Å². The van der Waals surface area contributed by atoms with Crippen molar-refractivity contribution in [2.45, 2.75) is 26.3 Å². The zero-order valence-corrected chi connectivity index (χ0v) is 7.03. The molecule has 0 saturated heterocycles. The highest BCUT2D eigenvalue weighted by atomic mass is 16.4. The van der Waals surface area contributed by atoms with Gasteiger partial charge in [0.05, 0.1) is 6.20 Å². The van der Waals surface area contributed by atoms with Crippen molar-refractivity contribution in [3.63, 3.8) is 0 Å². The predicted octanol–water partition coefficient (Wildman–Crippen LogP) is 0.920. The molecule has 0 aliphatic heterocycles. The Hall–Kier alpha value is -1.32. The molecule has 0 aliphatic rings. The van der Waals surface area contributed by atoms with E-state index in [-0.39, 0.29) is 6.54 Å². The molecule has 4 nitrogen and oxygen atoms in total. The average molecular weight is 168 g/mol. The highest BCUT2D eigenvalue weighted by molar-refractivity contribution is 5.66. The van der Waals surface area contributed by atoms with Gasteiger partial charge in [-0.3, -0.25) is 9.48 Å². The molecule has 1 aromatic rings. The van der Waals surface area contributed by atoms with Crippen molar-refractivity contribution in [1.29, 1.82) is 0 Å². The summed E-state index contributed by atoms with van der Waals surface area (Å²) >= 11 is 0. The molecule has 0 atom stereocenters. The van der Waals surface area contributed by atoms with Gasteiger partial charge in [0.25, 0.3) is 0 Å². The summed E-state index contributed by atoms with van der Waals surface area (Å²) in [4.78, 5) is 10.3. The third-order valence-corrected chi connectivity index (χ3v) is 1.52. The van der Waals surface area contributed by atoms with Crippen molar-refractivity contribution in [2.75, 3.05) is 0 Å². The van der Waals surface area contributed by atoms with Gasteiger partial charge >= 0.3 is 5.97 Å². The molecule has 0 saturated carbocycles. The van der Waals surface area contributed by atoms with Crippen molar-refractivity contribution < 1.29 is 9.90 Å². The molecule has 0 bridgehead atoms. The lowest BCUT2D eigenvalue weighted by Crippen LogP contribution is -2.08. The zero-order chi connectivity index (χ0) is 8.97. The normalized spacial score (nSPS) is 10.1. The molecule has 1 heterocycles. The summed E-state index contributed by atoms with van der Waals surface area (Å²) in [6.07, 6.45) is 5.50. The highest BCUT2D eigenvalue weighted by Crippen LogP contribution is 2.00. The van der Waals surface area contributed by atoms with E-state index in [1.165, 1.54) is 4.68 Å². The van der Waals surface area contributed by atoms with Crippen molar-refractivity contribution >= 4 is 5.97 Å². The monoisotopic (exact) mass is 168 g/mol. The molecule has 1 N–H and O–H groups in total. The predicted molar refractivity (Wildman–Crippen MR) is 43.9 cm³/mol. The minimum Gasteiger partial charge on any atom is -0.480 e. The van der Waals surface area contributed by atoms with Crippen LogP contribution >= 0.6 is 0 Å². The van der Waals surface area contributed by atoms with Gasteiger partial charge in [-0.1, -0.05) is 13.3 Å². The van der Waals surface area contributed by atoms with Gasteiger partial charge in [-0.15, -0.1) is 0 Å². The highest BCUT2D eigenvalue weighted by Gasteiger charge is 2.00. The molecule has 0 fully saturated rings. The Morgan fingerprint density at radius 3 is 3.08 bits per heavy atom. The van der Waals surface area contributed by atoms with Crippen molar-refractivity contribution in [3.05, 3.63) is 18.0 Å². The third-order valence-electron chi connectivity index (χ3n) is 1.52. The molecule has 0 amide bonds. The number of carboxylic acids is 1. The number of carbonyl (C=O) groups is 1. The number of aliphatic carboxylic acids is 1. The van der Waals surface area contributed by atoms with E-state index in [0.717, 1.165) is 18.4 Å². The van der Waals surface area contributed by atoms with Crippen LogP contribution in [0.3, 0.4) is 0 Å². The lowest BCUT2D eigenvalue weighted by atomic mass is 10.2. The van der Waals surface area contributed by atoms with Crippen LogP contribution in [-0.2, 0) is 17.8 Å². The van der Waals surface area contributed by atoms with Gasteiger partial charge in [0.15, 0.2) is 0 Å². The lowest BCUT2D eigenvalue weighted by Gasteiger charge is -1.93. The van der Waals surface area contributed by atoms with Gasteiger partial charge in [0.2, 0.25) is 0 Å². The summed E-state index contributed by atoms with van der Waals surface area (Å²) < 4.78 is 1.44. The molecule has 0 aliphatic carbocycles. The fraction of sp³-hybridized carbons (Fsp3) is 0.500. The topological polar surface area (TPSA) is 55.1 Å². The van der Waals surface area contributed by atoms with Crippen molar-refractivity contribution in [1.82, 2.24) is 9.78 Å². The fourth-order valence-electron chi connectivity index (χ4n) is 1.05. The Labute approximate surface area is 70.8 Å². The van der Waals surface area contributed by atoms with Crippen LogP contribution in [0.25, 0.3) is 0 Å². The first-order chi connectivity index (χ1) is 5.72. The maximum atomic E-state index is 10.3. The summed E-state index contributed by atoms with van der Waals surface area (Å²) in [6.45, 7) is 2.03. The van der Waals surface area contributed by atoms with Crippen LogP contribution in [0.5, 0.6) is 0 Å². The SMILES string of the molecule is CCCc1cnn(CC(=O)O)c1. The first-order valence-corrected chi connectivity index (χ1v) is 3.95. The quantitative estimate of drug-likeness (QED) is 0.727. The van der Waals surface area contributed by atoms with E-state index < -0.39 is 5.97 Å². The second-order valence-corrected chi connectivity index (χ2v) is 2.69. The Morgan fingerprint density at radius 1 is 1.75 bits per heavy atom. The van der Waals surface area contributed by atoms with Crippen LogP contribution in [0, 0.1) is 0 Å². The second kappa shape index (κ2) is 3.90. The van der Waals surface area contributed by atoms with E-state index in [2.05, 4.69) is 12.0 Å². The number of aromatic nitrogens is 2. The molecule has 1 rings (SSSR count). The average Bonchev–Trinajstić information content (AvgIpc) is 2.36. The van der Waals surface area contributed by atoms with E-state index in [1.54, 1.807) is 12.4 Å². The van der Waals surface area contributed by atoms with E-state index in [4.69, 9.17) is 5.11 Å². The van der Waals surface area contributed by atoms with Crippen LogP contribution in [0.15, 0.2) is 12.4 Å². The summed E-state index contributed by atoms with van der Waals surface area (Å²) in [5, 5.41) is 12.4. The minimum atomic E-state index is -0.860. The Balaban J connectivity index is 2.58. The number of carboxylic acid groups (broad SMARTS) is 1. The molecule has 0 unspecified atom stereocenters. The van der Waals surface area contributed by atoms with Crippen LogP contribution in [0.2, 0.25) is 0 Å². The summed E-state index contributed by atoms with van der Waals surface area (Å²) in [5.41, 5.74) is 1.10. The van der Waals surface area contributed by atoms with Gasteiger partial charge in [0, 0.05) is 6.20 Å². The number of aryl methyl sites for hydroxylation is 1. The van der Waals surface area contributed by atoms with E-state index >= 15 is 0 Å².